The second kappa shape index (κ2) is 3.31. The van der Waals surface area contributed by atoms with Gasteiger partial charge in [0.25, 0.3) is 5.91 Å². The molecule has 1 aliphatic rings. The maximum atomic E-state index is 11.2. The summed E-state index contributed by atoms with van der Waals surface area (Å²) in [4.78, 5) is 21.7. The Bertz CT molecular complexity index is 238. The van der Waals surface area contributed by atoms with Gasteiger partial charge in [-0.15, -0.1) is 0 Å². The molecule has 1 unspecified atom stereocenters. The molecule has 0 bridgehead atoms. The predicted molar refractivity (Wildman–Crippen MR) is 40.1 cm³/mol. The van der Waals surface area contributed by atoms with Crippen LogP contribution in [0.15, 0.2) is 5.10 Å². The number of carbonyl (C=O) groups excluding carboxylic acids is 1. The van der Waals surface area contributed by atoms with E-state index in [4.69, 9.17) is 5.11 Å². The zero-order valence-electron chi connectivity index (χ0n) is 6.52. The quantitative estimate of drug-likeness (QED) is 0.524. The molecule has 1 atom stereocenters. The van der Waals surface area contributed by atoms with E-state index in [1.165, 1.54) is 13.3 Å². The van der Waals surface area contributed by atoms with Crippen LogP contribution in [0.1, 0.15) is 6.42 Å². The van der Waals surface area contributed by atoms with Crippen LogP contribution in [0.3, 0.4) is 0 Å². The number of hydrogen-bond acceptors (Lipinski definition) is 4. The normalized spacial score (nSPS) is 22.9. The molecule has 1 rings (SSSR count). The molecule has 6 nitrogen and oxygen atoms in total. The maximum Gasteiger partial charge on any atom is 0.316 e. The van der Waals surface area contributed by atoms with Crippen molar-refractivity contribution in [2.24, 2.45) is 11.0 Å². The zero-order chi connectivity index (χ0) is 9.14. The fraction of sp³-hybridized carbons (Fsp3) is 0.500. The second-order valence-electron chi connectivity index (χ2n) is 2.30. The van der Waals surface area contributed by atoms with Gasteiger partial charge in [-0.3, -0.25) is 9.59 Å². The SMILES string of the molecule is CNN1N=CCC(C(=O)O)C1=O. The Morgan fingerprint density at radius 2 is 2.58 bits per heavy atom. The van der Waals surface area contributed by atoms with Gasteiger partial charge in [0.15, 0.2) is 0 Å². The number of hydrogen-bond donors (Lipinski definition) is 2. The van der Waals surface area contributed by atoms with Crippen molar-refractivity contribution >= 4 is 18.1 Å². The first kappa shape index (κ1) is 8.66. The molecule has 66 valence electrons. The third kappa shape index (κ3) is 1.42. The molecule has 2 N–H and O–H groups in total. The smallest absolute Gasteiger partial charge is 0.316 e. The number of hydrazine groups is 1. The molecular weight excluding hydrogens is 162 g/mol. The van der Waals surface area contributed by atoms with E-state index < -0.39 is 17.8 Å². The molecule has 0 aromatic heterocycles. The number of amides is 1. The van der Waals surface area contributed by atoms with Crippen molar-refractivity contribution in [1.82, 2.24) is 10.5 Å². The Balaban J connectivity index is 2.77. The van der Waals surface area contributed by atoms with E-state index in [9.17, 15) is 9.59 Å². The van der Waals surface area contributed by atoms with Crippen molar-refractivity contribution in [3.8, 4) is 0 Å². The van der Waals surface area contributed by atoms with Crippen LogP contribution in [-0.2, 0) is 9.59 Å². The molecule has 1 aliphatic heterocycles. The Kier molecular flexibility index (Phi) is 2.39. The average molecular weight is 171 g/mol. The Morgan fingerprint density at radius 1 is 1.92 bits per heavy atom. The maximum absolute atomic E-state index is 11.2. The fourth-order valence-electron chi connectivity index (χ4n) is 0.914. The molecule has 0 saturated carbocycles. The lowest BCUT2D eigenvalue weighted by molar-refractivity contribution is -0.153. The first-order chi connectivity index (χ1) is 5.66. The van der Waals surface area contributed by atoms with Crippen LogP contribution in [0.4, 0.5) is 0 Å². The summed E-state index contributed by atoms with van der Waals surface area (Å²) in [5, 5.41) is 13.1. The van der Waals surface area contributed by atoms with Crippen LogP contribution in [0.25, 0.3) is 0 Å². The van der Waals surface area contributed by atoms with Crippen LogP contribution < -0.4 is 5.43 Å². The summed E-state index contributed by atoms with van der Waals surface area (Å²) in [7, 11) is 1.50. The van der Waals surface area contributed by atoms with Crippen LogP contribution in [0.5, 0.6) is 0 Å². The van der Waals surface area contributed by atoms with Crippen molar-refractivity contribution in [3.63, 3.8) is 0 Å². The minimum absolute atomic E-state index is 0.159. The fourth-order valence-corrected chi connectivity index (χ4v) is 0.914. The van der Waals surface area contributed by atoms with Crippen molar-refractivity contribution in [1.29, 1.82) is 0 Å². The summed E-state index contributed by atoms with van der Waals surface area (Å²) < 4.78 is 0. The van der Waals surface area contributed by atoms with Gasteiger partial charge in [0.2, 0.25) is 0 Å². The van der Waals surface area contributed by atoms with Gasteiger partial charge in [0, 0.05) is 19.7 Å². The van der Waals surface area contributed by atoms with Gasteiger partial charge in [0.05, 0.1) is 0 Å². The Labute approximate surface area is 68.8 Å². The van der Waals surface area contributed by atoms with E-state index in [2.05, 4.69) is 10.5 Å². The molecule has 0 spiro atoms. The number of hydrazone groups is 1. The molecule has 1 heterocycles. The minimum atomic E-state index is -1.12. The number of carboxylic acid groups (broad SMARTS) is 1. The molecule has 0 aromatic rings. The third-order valence-electron chi connectivity index (χ3n) is 1.55. The molecule has 0 aromatic carbocycles. The lowest BCUT2D eigenvalue weighted by Gasteiger charge is -2.22. The predicted octanol–water partition coefficient (Wildman–Crippen LogP) is -0.960. The zero-order valence-corrected chi connectivity index (χ0v) is 6.52. The van der Waals surface area contributed by atoms with Gasteiger partial charge in [0.1, 0.15) is 5.92 Å². The summed E-state index contributed by atoms with van der Waals surface area (Å²) in [5.74, 6) is -2.66. The van der Waals surface area contributed by atoms with Crippen LogP contribution >= 0.6 is 0 Å². The van der Waals surface area contributed by atoms with E-state index in [1.807, 2.05) is 0 Å². The monoisotopic (exact) mass is 171 g/mol. The number of aliphatic carboxylic acids is 1. The summed E-state index contributed by atoms with van der Waals surface area (Å²) in [5.41, 5.74) is 2.46. The van der Waals surface area contributed by atoms with Gasteiger partial charge in [-0.05, 0) is 0 Å². The summed E-state index contributed by atoms with van der Waals surface area (Å²) in [6.07, 6.45) is 1.56. The molecule has 1 amide bonds. The number of carboxylic acids is 1. The van der Waals surface area contributed by atoms with E-state index in [-0.39, 0.29) is 6.42 Å². The van der Waals surface area contributed by atoms with Gasteiger partial charge in [-0.25, -0.2) is 5.43 Å². The average Bonchev–Trinajstić information content (AvgIpc) is 2.04. The van der Waals surface area contributed by atoms with Crippen molar-refractivity contribution < 1.29 is 14.7 Å². The molecule has 0 fully saturated rings. The summed E-state index contributed by atoms with van der Waals surface area (Å²) in [6, 6.07) is 0. The Morgan fingerprint density at radius 3 is 3.08 bits per heavy atom. The number of nitrogens with one attached hydrogen (secondary N) is 1. The molecule has 12 heavy (non-hydrogen) atoms. The lowest BCUT2D eigenvalue weighted by atomic mass is 10.1. The van der Waals surface area contributed by atoms with Gasteiger partial charge >= 0.3 is 5.97 Å². The standard InChI is InChI=1S/C6H9N3O3/c1-7-9-5(10)4(6(11)12)2-3-8-9/h3-4,7H,2H2,1H3,(H,11,12). The highest BCUT2D eigenvalue weighted by Crippen LogP contribution is 2.10. The first-order valence-corrected chi connectivity index (χ1v) is 3.43. The lowest BCUT2D eigenvalue weighted by Crippen LogP contribution is -2.45. The minimum Gasteiger partial charge on any atom is -0.481 e. The van der Waals surface area contributed by atoms with Crippen LogP contribution in [0.2, 0.25) is 0 Å². The summed E-state index contributed by atoms with van der Waals surface area (Å²) in [6.45, 7) is 0. The van der Waals surface area contributed by atoms with Crippen LogP contribution in [-0.4, -0.2) is 35.4 Å². The molecule has 0 saturated heterocycles. The largest absolute Gasteiger partial charge is 0.481 e. The van der Waals surface area contributed by atoms with Crippen molar-refractivity contribution in [3.05, 3.63) is 0 Å². The highest BCUT2D eigenvalue weighted by molar-refractivity contribution is 6.00. The summed E-state index contributed by atoms with van der Waals surface area (Å²) >= 11 is 0. The number of nitrogens with zero attached hydrogens (tertiary/aromatic N) is 2. The van der Waals surface area contributed by atoms with Gasteiger partial charge in [-0.1, -0.05) is 0 Å². The molecule has 0 aliphatic carbocycles. The van der Waals surface area contributed by atoms with E-state index in [0.29, 0.717) is 0 Å². The third-order valence-corrected chi connectivity index (χ3v) is 1.55. The topological polar surface area (TPSA) is 82.0 Å². The molecular formula is C6H9N3O3. The first-order valence-electron chi connectivity index (χ1n) is 3.43. The number of carbonyl (C=O) groups is 2. The second-order valence-corrected chi connectivity index (χ2v) is 2.30. The van der Waals surface area contributed by atoms with E-state index in [1.54, 1.807) is 0 Å². The van der Waals surface area contributed by atoms with Gasteiger partial charge < -0.3 is 5.11 Å². The number of rotatable bonds is 2. The van der Waals surface area contributed by atoms with Crippen molar-refractivity contribution in [2.75, 3.05) is 7.05 Å². The highest BCUT2D eigenvalue weighted by Gasteiger charge is 2.32. The highest BCUT2D eigenvalue weighted by atomic mass is 16.4. The van der Waals surface area contributed by atoms with E-state index in [0.717, 1.165) is 5.12 Å². The molecule has 0 radical (unpaired) electrons. The molecule has 6 heteroatoms. The van der Waals surface area contributed by atoms with Gasteiger partial charge in [-0.2, -0.15) is 10.2 Å². The van der Waals surface area contributed by atoms with E-state index >= 15 is 0 Å². The van der Waals surface area contributed by atoms with Crippen molar-refractivity contribution in [2.45, 2.75) is 6.42 Å². The Hall–Kier alpha value is -1.43. The van der Waals surface area contributed by atoms with Crippen LogP contribution in [0, 0.1) is 5.92 Å².